The van der Waals surface area contributed by atoms with Gasteiger partial charge in [0.25, 0.3) is 0 Å². The van der Waals surface area contributed by atoms with Crippen LogP contribution in [0.15, 0.2) is 0 Å². The molecule has 2 N–H and O–H groups in total. The highest BCUT2D eigenvalue weighted by atomic mass is 16.3. The van der Waals surface area contributed by atoms with Crippen LogP contribution in [-0.4, -0.2) is 48.2 Å². The number of hydrogen-bond acceptors (Lipinski definition) is 3. The molecule has 98 valence electrons. The van der Waals surface area contributed by atoms with Crippen molar-refractivity contribution in [1.29, 1.82) is 0 Å². The monoisotopic (exact) mass is 240 g/mol. The van der Waals surface area contributed by atoms with E-state index in [1.165, 1.54) is 0 Å². The molecule has 4 atom stereocenters. The summed E-state index contributed by atoms with van der Waals surface area (Å²) in [6.45, 7) is 7.31. The number of carbonyl (C=O) groups excluding carboxylic acids is 1. The van der Waals surface area contributed by atoms with Crippen LogP contribution in [0.4, 0.5) is 0 Å². The molecule has 4 unspecified atom stereocenters. The largest absolute Gasteiger partial charge is 0.393 e. The first-order valence-electron chi connectivity index (χ1n) is 6.81. The fourth-order valence-electron chi connectivity index (χ4n) is 3.18. The molecule has 1 aliphatic carbocycles. The van der Waals surface area contributed by atoms with Crippen LogP contribution >= 0.6 is 0 Å². The third-order valence-corrected chi connectivity index (χ3v) is 4.25. The summed E-state index contributed by atoms with van der Waals surface area (Å²) < 4.78 is 0. The Hall–Kier alpha value is -0.610. The van der Waals surface area contributed by atoms with Crippen molar-refractivity contribution in [3.63, 3.8) is 0 Å². The van der Waals surface area contributed by atoms with E-state index in [-0.39, 0.29) is 17.9 Å². The molecule has 2 aliphatic rings. The molecule has 0 spiro atoms. The van der Waals surface area contributed by atoms with Crippen molar-refractivity contribution in [1.82, 2.24) is 10.2 Å². The lowest BCUT2D eigenvalue weighted by Gasteiger charge is -2.22. The molecule has 1 aliphatic heterocycles. The van der Waals surface area contributed by atoms with Crippen LogP contribution in [0, 0.1) is 17.8 Å². The predicted molar refractivity (Wildman–Crippen MR) is 66.5 cm³/mol. The smallest absolute Gasteiger partial charge is 0.226 e. The van der Waals surface area contributed by atoms with Crippen LogP contribution in [-0.2, 0) is 4.79 Å². The lowest BCUT2D eigenvalue weighted by Crippen LogP contribution is -2.38. The number of carbonyl (C=O) groups is 1. The van der Waals surface area contributed by atoms with E-state index in [1.807, 2.05) is 18.7 Å². The number of nitrogens with one attached hydrogen (secondary N) is 1. The van der Waals surface area contributed by atoms with Crippen LogP contribution in [0.1, 0.15) is 26.7 Å². The molecule has 4 nitrogen and oxygen atoms in total. The van der Waals surface area contributed by atoms with E-state index < -0.39 is 0 Å². The minimum Gasteiger partial charge on any atom is -0.393 e. The maximum Gasteiger partial charge on any atom is 0.226 e. The van der Waals surface area contributed by atoms with Gasteiger partial charge in [0.15, 0.2) is 0 Å². The first-order valence-corrected chi connectivity index (χ1v) is 6.81. The number of rotatable bonds is 4. The van der Waals surface area contributed by atoms with Crippen molar-refractivity contribution in [2.45, 2.75) is 32.8 Å². The van der Waals surface area contributed by atoms with Crippen LogP contribution < -0.4 is 5.32 Å². The summed E-state index contributed by atoms with van der Waals surface area (Å²) in [5, 5.41) is 13.0. The van der Waals surface area contributed by atoms with Gasteiger partial charge in [-0.1, -0.05) is 13.8 Å². The van der Waals surface area contributed by atoms with Gasteiger partial charge in [0.1, 0.15) is 0 Å². The average molecular weight is 240 g/mol. The molecule has 0 aromatic rings. The Balaban J connectivity index is 1.86. The number of fused-ring (bicyclic) bond motifs is 1. The highest BCUT2D eigenvalue weighted by Crippen LogP contribution is 2.38. The maximum atomic E-state index is 12.2. The zero-order valence-electron chi connectivity index (χ0n) is 10.9. The minimum absolute atomic E-state index is 0.0471. The Labute approximate surface area is 103 Å². The van der Waals surface area contributed by atoms with E-state index in [2.05, 4.69) is 5.32 Å². The normalized spacial score (nSPS) is 33.8. The second-order valence-corrected chi connectivity index (χ2v) is 5.52. The van der Waals surface area contributed by atoms with Gasteiger partial charge in [-0.15, -0.1) is 0 Å². The summed E-state index contributed by atoms with van der Waals surface area (Å²) in [6.07, 6.45) is 1.82. The van der Waals surface area contributed by atoms with E-state index in [0.717, 1.165) is 39.0 Å². The zero-order chi connectivity index (χ0) is 12.4. The van der Waals surface area contributed by atoms with Gasteiger partial charge in [0, 0.05) is 31.5 Å². The highest BCUT2D eigenvalue weighted by molar-refractivity contribution is 5.79. The molecule has 2 rings (SSSR count). The summed E-state index contributed by atoms with van der Waals surface area (Å²) in [5.41, 5.74) is 0. The van der Waals surface area contributed by atoms with E-state index in [9.17, 15) is 9.90 Å². The fraction of sp³-hybridized carbons (Fsp3) is 0.923. The quantitative estimate of drug-likeness (QED) is 0.750. The van der Waals surface area contributed by atoms with Gasteiger partial charge < -0.3 is 15.3 Å². The van der Waals surface area contributed by atoms with Crippen molar-refractivity contribution in [3.8, 4) is 0 Å². The third-order valence-electron chi connectivity index (χ3n) is 4.25. The molecule has 4 heteroatoms. The number of hydrogen-bond donors (Lipinski definition) is 2. The first-order chi connectivity index (χ1) is 8.13. The summed E-state index contributed by atoms with van der Waals surface area (Å²) in [6, 6.07) is 0. The van der Waals surface area contributed by atoms with Gasteiger partial charge in [0.05, 0.1) is 6.10 Å². The third kappa shape index (κ3) is 2.63. The van der Waals surface area contributed by atoms with Crippen molar-refractivity contribution < 1.29 is 9.90 Å². The molecule has 17 heavy (non-hydrogen) atoms. The summed E-state index contributed by atoms with van der Waals surface area (Å²) >= 11 is 0. The van der Waals surface area contributed by atoms with Crippen LogP contribution in [0.3, 0.4) is 0 Å². The van der Waals surface area contributed by atoms with E-state index >= 15 is 0 Å². The Bertz CT molecular complexity index is 283. The van der Waals surface area contributed by atoms with Gasteiger partial charge in [-0.25, -0.2) is 0 Å². The first kappa shape index (κ1) is 12.8. The summed E-state index contributed by atoms with van der Waals surface area (Å²) in [7, 11) is 0. The predicted octanol–water partition coefficient (Wildman–Crippen LogP) is 0.461. The van der Waals surface area contributed by atoms with Crippen molar-refractivity contribution in [2.75, 3.05) is 26.2 Å². The van der Waals surface area contributed by atoms with E-state index in [0.29, 0.717) is 11.8 Å². The van der Waals surface area contributed by atoms with E-state index in [1.54, 1.807) is 0 Å². The molecule has 1 saturated carbocycles. The molecule has 0 aromatic carbocycles. The maximum absolute atomic E-state index is 12.2. The van der Waals surface area contributed by atoms with E-state index in [4.69, 9.17) is 0 Å². The van der Waals surface area contributed by atoms with Crippen molar-refractivity contribution in [3.05, 3.63) is 0 Å². The summed E-state index contributed by atoms with van der Waals surface area (Å²) in [4.78, 5) is 14.2. The number of aliphatic hydroxyl groups is 1. The number of likely N-dealkylation sites (tertiary alicyclic amines) is 1. The molecule has 0 aromatic heterocycles. The second-order valence-electron chi connectivity index (χ2n) is 5.52. The van der Waals surface area contributed by atoms with Crippen molar-refractivity contribution in [2.24, 2.45) is 17.8 Å². The van der Waals surface area contributed by atoms with Gasteiger partial charge >= 0.3 is 0 Å². The SMILES string of the molecule is CCNCC(C)C(=O)N1CC2CCC(O)C2C1. The minimum atomic E-state index is -0.179. The Morgan fingerprint density at radius 2 is 2.24 bits per heavy atom. The molecule has 1 heterocycles. The van der Waals surface area contributed by atoms with Gasteiger partial charge in [0.2, 0.25) is 5.91 Å². The molecule has 0 bridgehead atoms. The molecule has 2 fully saturated rings. The topological polar surface area (TPSA) is 52.6 Å². The molecule has 1 saturated heterocycles. The lowest BCUT2D eigenvalue weighted by atomic mass is 10.00. The Morgan fingerprint density at radius 3 is 2.88 bits per heavy atom. The van der Waals surface area contributed by atoms with Crippen LogP contribution in [0.25, 0.3) is 0 Å². The summed E-state index contributed by atoms with van der Waals surface area (Å²) in [5.74, 6) is 1.17. The van der Waals surface area contributed by atoms with Crippen LogP contribution in [0.5, 0.6) is 0 Å². The van der Waals surface area contributed by atoms with Gasteiger partial charge in [-0.05, 0) is 25.3 Å². The standard InChI is InChI=1S/C13H24N2O2/c1-3-14-6-9(2)13(17)15-7-10-4-5-12(16)11(10)8-15/h9-12,14,16H,3-8H2,1-2H3. The lowest BCUT2D eigenvalue weighted by molar-refractivity contribution is -0.134. The van der Waals surface area contributed by atoms with Gasteiger partial charge in [-0.2, -0.15) is 0 Å². The fourth-order valence-corrected chi connectivity index (χ4v) is 3.18. The average Bonchev–Trinajstić information content (AvgIpc) is 2.88. The Kier molecular flexibility index (Phi) is 4.05. The molecule has 1 amide bonds. The zero-order valence-corrected chi connectivity index (χ0v) is 10.9. The number of nitrogens with zero attached hydrogens (tertiary/aromatic N) is 1. The molecular weight excluding hydrogens is 216 g/mol. The van der Waals surface area contributed by atoms with Gasteiger partial charge in [-0.3, -0.25) is 4.79 Å². The molecular formula is C13H24N2O2. The molecule has 0 radical (unpaired) electrons. The number of aliphatic hydroxyl groups excluding tert-OH is 1. The van der Waals surface area contributed by atoms with Crippen LogP contribution in [0.2, 0.25) is 0 Å². The Morgan fingerprint density at radius 1 is 1.47 bits per heavy atom. The van der Waals surface area contributed by atoms with Crippen molar-refractivity contribution >= 4 is 5.91 Å². The number of amides is 1. The highest BCUT2D eigenvalue weighted by Gasteiger charge is 2.43. The second kappa shape index (κ2) is 5.36.